The maximum Gasteiger partial charge on any atom is 0.166 e. The summed E-state index contributed by atoms with van der Waals surface area (Å²) >= 11 is 0. The molecule has 2 aromatic rings. The van der Waals surface area contributed by atoms with Gasteiger partial charge in [0.05, 0.1) is 6.54 Å². The molecule has 104 valence electrons. The molecule has 0 atom stereocenters. The van der Waals surface area contributed by atoms with Crippen LogP contribution in [0.3, 0.4) is 0 Å². The van der Waals surface area contributed by atoms with Gasteiger partial charge >= 0.3 is 0 Å². The van der Waals surface area contributed by atoms with E-state index < -0.39 is 0 Å². The summed E-state index contributed by atoms with van der Waals surface area (Å²) in [6.07, 6.45) is 3.20. The Balaban J connectivity index is 1.87. The van der Waals surface area contributed by atoms with Crippen LogP contribution in [0.25, 0.3) is 0 Å². The first kappa shape index (κ1) is 12.8. The monoisotopic (exact) mass is 270 g/mol. The van der Waals surface area contributed by atoms with Crippen LogP contribution < -0.4 is 4.90 Å². The van der Waals surface area contributed by atoms with E-state index in [2.05, 4.69) is 21.9 Å². The van der Waals surface area contributed by atoms with Crippen LogP contribution in [0.1, 0.15) is 35.9 Å². The van der Waals surface area contributed by atoms with Crippen molar-refractivity contribution in [3.63, 3.8) is 0 Å². The molecule has 0 bridgehead atoms. The number of ketones is 1. The molecule has 0 saturated heterocycles. The van der Waals surface area contributed by atoms with Gasteiger partial charge in [-0.05, 0) is 18.6 Å². The molecule has 0 aliphatic carbocycles. The number of hydrogen-bond acceptors (Lipinski definition) is 4. The van der Waals surface area contributed by atoms with Gasteiger partial charge in [-0.3, -0.25) is 4.79 Å². The fraction of sp³-hybridized carbons (Fsp3) is 0.400. The topological polar surface area (TPSA) is 51.0 Å². The first-order valence-corrected chi connectivity index (χ1v) is 7.03. The zero-order valence-corrected chi connectivity index (χ0v) is 11.6. The van der Waals surface area contributed by atoms with Crippen molar-refractivity contribution in [2.45, 2.75) is 32.9 Å². The first-order chi connectivity index (χ1) is 9.79. The highest BCUT2D eigenvalue weighted by Crippen LogP contribution is 2.27. The second-order valence-electron chi connectivity index (χ2n) is 5.01. The third kappa shape index (κ3) is 2.31. The third-order valence-corrected chi connectivity index (χ3v) is 3.62. The molecule has 3 rings (SSSR count). The van der Waals surface area contributed by atoms with Gasteiger partial charge in [-0.1, -0.05) is 19.1 Å². The van der Waals surface area contributed by atoms with Crippen LogP contribution in [0.4, 0.5) is 5.69 Å². The lowest BCUT2D eigenvalue weighted by Gasteiger charge is -2.30. The molecule has 5 heteroatoms. The van der Waals surface area contributed by atoms with Crippen molar-refractivity contribution in [2.75, 3.05) is 11.4 Å². The molecule has 20 heavy (non-hydrogen) atoms. The average molecular weight is 270 g/mol. The van der Waals surface area contributed by atoms with E-state index in [1.165, 1.54) is 0 Å². The minimum absolute atomic E-state index is 0.229. The number of para-hydroxylation sites is 1. The van der Waals surface area contributed by atoms with Crippen LogP contribution in [0, 0.1) is 0 Å². The van der Waals surface area contributed by atoms with Gasteiger partial charge in [0, 0.05) is 30.8 Å². The van der Waals surface area contributed by atoms with Gasteiger partial charge in [-0.2, -0.15) is 5.10 Å². The van der Waals surface area contributed by atoms with Gasteiger partial charge in [0.2, 0.25) is 0 Å². The summed E-state index contributed by atoms with van der Waals surface area (Å²) in [7, 11) is 0. The summed E-state index contributed by atoms with van der Waals surface area (Å²) in [6.45, 7) is 4.45. The van der Waals surface area contributed by atoms with Gasteiger partial charge in [-0.25, -0.2) is 9.67 Å². The van der Waals surface area contributed by atoms with Crippen molar-refractivity contribution in [3.05, 3.63) is 42.0 Å². The van der Waals surface area contributed by atoms with Crippen LogP contribution in [0.2, 0.25) is 0 Å². The number of carbonyl (C=O) groups excluding carboxylic acids is 1. The Bertz CT molecular complexity index is 620. The Morgan fingerprint density at radius 3 is 3.00 bits per heavy atom. The molecule has 0 spiro atoms. The predicted octanol–water partition coefficient (Wildman–Crippen LogP) is 2.28. The molecule has 0 unspecified atom stereocenters. The number of aryl methyl sites for hydroxylation is 1. The van der Waals surface area contributed by atoms with Crippen molar-refractivity contribution in [2.24, 2.45) is 0 Å². The van der Waals surface area contributed by atoms with Gasteiger partial charge in [-0.15, -0.1) is 0 Å². The maximum atomic E-state index is 11.9. The maximum absolute atomic E-state index is 11.9. The molecule has 0 radical (unpaired) electrons. The van der Waals surface area contributed by atoms with Gasteiger partial charge in [0.15, 0.2) is 5.78 Å². The highest BCUT2D eigenvalue weighted by atomic mass is 16.1. The van der Waals surface area contributed by atoms with Gasteiger partial charge in [0.1, 0.15) is 12.2 Å². The Kier molecular flexibility index (Phi) is 3.50. The summed E-state index contributed by atoms with van der Waals surface area (Å²) < 4.78 is 1.94. The number of aromatic nitrogens is 3. The van der Waals surface area contributed by atoms with E-state index in [0.717, 1.165) is 36.6 Å². The number of rotatable bonds is 4. The first-order valence-electron chi connectivity index (χ1n) is 7.03. The molecule has 1 aromatic heterocycles. The summed E-state index contributed by atoms with van der Waals surface area (Å²) in [5, 5.41) is 4.25. The zero-order chi connectivity index (χ0) is 13.9. The van der Waals surface area contributed by atoms with E-state index in [9.17, 15) is 4.79 Å². The van der Waals surface area contributed by atoms with Crippen molar-refractivity contribution in [1.29, 1.82) is 0 Å². The van der Waals surface area contributed by atoms with Gasteiger partial charge < -0.3 is 4.90 Å². The van der Waals surface area contributed by atoms with E-state index in [-0.39, 0.29) is 5.78 Å². The number of hydrogen-bond donors (Lipinski definition) is 0. The van der Waals surface area contributed by atoms with Gasteiger partial charge in [0.25, 0.3) is 0 Å². The Morgan fingerprint density at radius 2 is 2.15 bits per heavy atom. The minimum atomic E-state index is 0.229. The normalized spacial score (nSPS) is 14.4. The Morgan fingerprint density at radius 1 is 1.30 bits per heavy atom. The Labute approximate surface area is 118 Å². The van der Waals surface area contributed by atoms with E-state index >= 15 is 0 Å². The van der Waals surface area contributed by atoms with Crippen LogP contribution >= 0.6 is 0 Å². The van der Waals surface area contributed by atoms with Crippen LogP contribution in [0.5, 0.6) is 0 Å². The number of benzene rings is 1. The van der Waals surface area contributed by atoms with Crippen molar-refractivity contribution >= 4 is 11.5 Å². The zero-order valence-electron chi connectivity index (χ0n) is 11.6. The molecule has 0 saturated carbocycles. The number of Topliss-reactive ketones (excluding diaryl/α,β-unsaturated/α-hetero) is 1. The largest absolute Gasteiger partial charge is 0.363 e. The second-order valence-corrected chi connectivity index (χ2v) is 5.01. The number of fused-ring (bicyclic) bond motifs is 1. The SMILES string of the molecule is CCCn1ncnc1CN1CCC(=O)c2ccccc21. The standard InChI is InChI=1S/C15H18N4O/c1-2-8-19-15(16-11-17-19)10-18-9-7-14(20)12-5-3-4-6-13(12)18/h3-6,11H,2,7-10H2,1H3. The lowest BCUT2D eigenvalue weighted by atomic mass is 10.0. The van der Waals surface area contributed by atoms with E-state index in [1.807, 2.05) is 28.9 Å². The molecule has 1 aliphatic rings. The summed E-state index contributed by atoms with van der Waals surface area (Å²) in [4.78, 5) is 18.5. The molecule has 1 aliphatic heterocycles. The van der Waals surface area contributed by atoms with Crippen molar-refractivity contribution < 1.29 is 4.79 Å². The van der Waals surface area contributed by atoms with E-state index in [1.54, 1.807) is 6.33 Å². The van der Waals surface area contributed by atoms with E-state index in [0.29, 0.717) is 13.0 Å². The summed E-state index contributed by atoms with van der Waals surface area (Å²) in [5.74, 6) is 1.18. The molecular weight excluding hydrogens is 252 g/mol. The van der Waals surface area contributed by atoms with Crippen molar-refractivity contribution in [3.8, 4) is 0 Å². The fourth-order valence-corrected chi connectivity index (χ4v) is 2.62. The molecule has 0 N–H and O–H groups in total. The average Bonchev–Trinajstić information content (AvgIpc) is 2.90. The number of carbonyl (C=O) groups is 1. The predicted molar refractivity (Wildman–Crippen MR) is 76.8 cm³/mol. The second kappa shape index (κ2) is 5.45. The van der Waals surface area contributed by atoms with E-state index in [4.69, 9.17) is 0 Å². The number of nitrogens with zero attached hydrogens (tertiary/aromatic N) is 4. The molecular formula is C15H18N4O. The van der Waals surface area contributed by atoms with Crippen LogP contribution in [-0.2, 0) is 13.1 Å². The summed E-state index contributed by atoms with van der Waals surface area (Å²) in [5.41, 5.74) is 1.83. The molecule has 2 heterocycles. The number of anilines is 1. The Hall–Kier alpha value is -2.17. The highest BCUT2D eigenvalue weighted by Gasteiger charge is 2.23. The van der Waals surface area contributed by atoms with Crippen molar-refractivity contribution in [1.82, 2.24) is 14.8 Å². The lowest BCUT2D eigenvalue weighted by molar-refractivity contribution is 0.0979. The minimum Gasteiger partial charge on any atom is -0.363 e. The third-order valence-electron chi connectivity index (χ3n) is 3.62. The quantitative estimate of drug-likeness (QED) is 0.855. The fourth-order valence-electron chi connectivity index (χ4n) is 2.62. The lowest BCUT2D eigenvalue weighted by Crippen LogP contribution is -2.32. The summed E-state index contributed by atoms with van der Waals surface area (Å²) in [6, 6.07) is 7.80. The molecule has 5 nitrogen and oxygen atoms in total. The van der Waals surface area contributed by atoms with Crippen LogP contribution in [-0.4, -0.2) is 27.1 Å². The molecule has 1 aromatic carbocycles. The smallest absolute Gasteiger partial charge is 0.166 e. The highest BCUT2D eigenvalue weighted by molar-refractivity contribution is 6.03. The molecule has 0 fully saturated rings. The van der Waals surface area contributed by atoms with Crippen LogP contribution in [0.15, 0.2) is 30.6 Å². The molecule has 0 amide bonds.